The summed E-state index contributed by atoms with van der Waals surface area (Å²) in [6.07, 6.45) is -5.47. The molecule has 0 unspecified atom stereocenters. The Kier molecular flexibility index (Phi) is 3.51. The van der Waals surface area contributed by atoms with E-state index in [4.69, 9.17) is 11.1 Å². The number of nitrogen functional groups attached to an aromatic ring is 1. The van der Waals surface area contributed by atoms with E-state index >= 15 is 0 Å². The van der Waals surface area contributed by atoms with Gasteiger partial charge in [0.25, 0.3) is 0 Å². The van der Waals surface area contributed by atoms with Gasteiger partial charge in [-0.2, -0.15) is 27.1 Å². The van der Waals surface area contributed by atoms with Crippen LogP contribution in [0.25, 0.3) is 5.65 Å². The van der Waals surface area contributed by atoms with E-state index in [9.17, 15) is 22.0 Å². The van der Waals surface area contributed by atoms with Crippen LogP contribution in [-0.2, 0) is 6.42 Å². The van der Waals surface area contributed by atoms with Gasteiger partial charge >= 0.3 is 12.1 Å². The van der Waals surface area contributed by atoms with Crippen LogP contribution in [0.3, 0.4) is 0 Å². The molecule has 0 fully saturated rings. The van der Waals surface area contributed by atoms with E-state index < -0.39 is 30.8 Å². The van der Waals surface area contributed by atoms with Crippen molar-refractivity contribution in [3.05, 3.63) is 23.9 Å². The topological polar surface area (TPSA) is 93.0 Å². The molecule has 21 heavy (non-hydrogen) atoms. The van der Waals surface area contributed by atoms with Gasteiger partial charge in [-0.05, 0) is 6.42 Å². The molecule has 2 aromatic rings. The van der Waals surface area contributed by atoms with Crippen molar-refractivity contribution in [2.45, 2.75) is 24.9 Å². The maximum atomic E-state index is 12.9. The second-order valence-electron chi connectivity index (χ2n) is 4.22. The van der Waals surface area contributed by atoms with E-state index in [0.717, 1.165) is 10.8 Å². The first kappa shape index (κ1) is 15.1. The highest BCUT2D eigenvalue weighted by Crippen LogP contribution is 2.38. The van der Waals surface area contributed by atoms with Gasteiger partial charge in [-0.25, -0.2) is 14.5 Å². The minimum absolute atomic E-state index is 0.0398. The molecule has 0 saturated heterocycles. The fourth-order valence-electron chi connectivity index (χ4n) is 1.61. The molecule has 2 heterocycles. The lowest BCUT2D eigenvalue weighted by Gasteiger charge is -2.19. The van der Waals surface area contributed by atoms with Crippen molar-refractivity contribution in [1.29, 1.82) is 5.41 Å². The summed E-state index contributed by atoms with van der Waals surface area (Å²) >= 11 is 0. The summed E-state index contributed by atoms with van der Waals surface area (Å²) in [5.74, 6) is -5.30. The SMILES string of the molecule is N=C(N)c1cn2ncnc2c(CCC(F)(F)C(F)(F)F)n1. The maximum absolute atomic E-state index is 12.9. The van der Waals surface area contributed by atoms with Crippen molar-refractivity contribution in [2.24, 2.45) is 5.73 Å². The van der Waals surface area contributed by atoms with Crippen LogP contribution in [0.5, 0.6) is 0 Å². The number of nitrogens with two attached hydrogens (primary N) is 1. The van der Waals surface area contributed by atoms with E-state index in [-0.39, 0.29) is 17.0 Å². The Labute approximate surface area is 114 Å². The number of alkyl halides is 5. The molecule has 0 aromatic carbocycles. The summed E-state index contributed by atoms with van der Waals surface area (Å²) < 4.78 is 63.4. The first-order chi connectivity index (χ1) is 9.62. The lowest BCUT2D eigenvalue weighted by Crippen LogP contribution is -2.36. The van der Waals surface area contributed by atoms with Crippen LogP contribution in [0.15, 0.2) is 12.5 Å². The normalized spacial score (nSPS) is 12.8. The number of rotatable bonds is 4. The number of nitrogens with zero attached hydrogens (tertiary/aromatic N) is 4. The summed E-state index contributed by atoms with van der Waals surface area (Å²) in [4.78, 5) is 7.52. The molecule has 0 amide bonds. The number of aromatic nitrogens is 4. The first-order valence-corrected chi connectivity index (χ1v) is 5.60. The zero-order valence-corrected chi connectivity index (χ0v) is 10.3. The van der Waals surface area contributed by atoms with Gasteiger partial charge in [0.15, 0.2) is 5.65 Å². The van der Waals surface area contributed by atoms with Gasteiger partial charge in [0.05, 0.1) is 11.9 Å². The number of hydrogen-bond acceptors (Lipinski definition) is 4. The molecule has 0 bridgehead atoms. The smallest absolute Gasteiger partial charge is 0.382 e. The molecule has 11 heteroatoms. The molecule has 0 radical (unpaired) electrons. The molecule has 0 atom stereocenters. The van der Waals surface area contributed by atoms with Crippen LogP contribution in [0, 0.1) is 5.41 Å². The summed E-state index contributed by atoms with van der Waals surface area (Å²) in [5, 5.41) is 11.0. The van der Waals surface area contributed by atoms with Crippen LogP contribution >= 0.6 is 0 Å². The van der Waals surface area contributed by atoms with Gasteiger partial charge in [-0.1, -0.05) is 0 Å². The third-order valence-corrected chi connectivity index (χ3v) is 2.70. The third-order valence-electron chi connectivity index (χ3n) is 2.70. The van der Waals surface area contributed by atoms with Crippen molar-refractivity contribution >= 4 is 11.5 Å². The Bertz CT molecular complexity index is 676. The minimum atomic E-state index is -5.63. The monoisotopic (exact) mass is 308 g/mol. The largest absolute Gasteiger partial charge is 0.453 e. The van der Waals surface area contributed by atoms with Crippen LogP contribution in [0.1, 0.15) is 17.8 Å². The Morgan fingerprint density at radius 1 is 1.29 bits per heavy atom. The van der Waals surface area contributed by atoms with Gasteiger partial charge in [0.1, 0.15) is 17.9 Å². The number of amidine groups is 1. The van der Waals surface area contributed by atoms with Gasteiger partial charge in [0, 0.05) is 6.42 Å². The Morgan fingerprint density at radius 3 is 2.52 bits per heavy atom. The molecule has 6 nitrogen and oxygen atoms in total. The van der Waals surface area contributed by atoms with Crippen molar-refractivity contribution in [3.63, 3.8) is 0 Å². The van der Waals surface area contributed by atoms with Crippen molar-refractivity contribution < 1.29 is 22.0 Å². The van der Waals surface area contributed by atoms with Gasteiger partial charge < -0.3 is 5.73 Å². The average Bonchev–Trinajstić information content (AvgIpc) is 2.82. The van der Waals surface area contributed by atoms with Crippen LogP contribution in [0.4, 0.5) is 22.0 Å². The highest BCUT2D eigenvalue weighted by molar-refractivity contribution is 5.92. The molecular formula is C10H9F5N6. The summed E-state index contributed by atoms with van der Waals surface area (Å²) in [7, 11) is 0. The Hall–Kier alpha value is -2.33. The number of fused-ring (bicyclic) bond motifs is 1. The number of aryl methyl sites for hydroxylation is 1. The standard InChI is InChI=1S/C10H9F5N6/c11-9(12,10(13,14)15)2-1-5-8-18-4-19-21(8)3-6(20-5)7(16)17/h3-4H,1-2H2,(H3,16,17). The second-order valence-corrected chi connectivity index (χ2v) is 4.22. The van der Waals surface area contributed by atoms with Crippen LogP contribution < -0.4 is 5.73 Å². The zero-order chi connectivity index (χ0) is 15.8. The molecule has 2 rings (SSSR count). The summed E-state index contributed by atoms with van der Waals surface area (Å²) in [5.41, 5.74) is 5.04. The van der Waals surface area contributed by atoms with E-state index in [2.05, 4.69) is 15.1 Å². The van der Waals surface area contributed by atoms with Gasteiger partial charge in [-0.3, -0.25) is 5.41 Å². The van der Waals surface area contributed by atoms with E-state index in [0.29, 0.717) is 0 Å². The average molecular weight is 308 g/mol. The quantitative estimate of drug-likeness (QED) is 0.509. The van der Waals surface area contributed by atoms with Crippen LogP contribution in [0.2, 0.25) is 0 Å². The fourth-order valence-corrected chi connectivity index (χ4v) is 1.61. The first-order valence-electron chi connectivity index (χ1n) is 5.60. The Morgan fingerprint density at radius 2 is 1.95 bits per heavy atom. The number of halogens is 5. The van der Waals surface area contributed by atoms with E-state index in [1.807, 2.05) is 0 Å². The summed E-state index contributed by atoms with van der Waals surface area (Å²) in [6.45, 7) is 0. The Balaban J connectivity index is 2.34. The van der Waals surface area contributed by atoms with Crippen molar-refractivity contribution in [3.8, 4) is 0 Å². The fraction of sp³-hybridized carbons (Fsp3) is 0.400. The summed E-state index contributed by atoms with van der Waals surface area (Å²) in [6, 6.07) is 0. The number of nitrogens with one attached hydrogen (secondary N) is 1. The second kappa shape index (κ2) is 4.90. The van der Waals surface area contributed by atoms with Gasteiger partial charge in [0.2, 0.25) is 0 Å². The highest BCUT2D eigenvalue weighted by Gasteiger charge is 2.56. The molecule has 0 saturated carbocycles. The van der Waals surface area contributed by atoms with E-state index in [1.54, 1.807) is 0 Å². The lowest BCUT2D eigenvalue weighted by molar-refractivity contribution is -0.284. The van der Waals surface area contributed by atoms with Gasteiger partial charge in [-0.15, -0.1) is 0 Å². The molecule has 2 aromatic heterocycles. The molecule has 0 aliphatic heterocycles. The van der Waals surface area contributed by atoms with Crippen molar-refractivity contribution in [2.75, 3.05) is 0 Å². The van der Waals surface area contributed by atoms with E-state index in [1.165, 1.54) is 6.20 Å². The third kappa shape index (κ3) is 2.90. The number of hydrogen-bond donors (Lipinski definition) is 2. The molecule has 3 N–H and O–H groups in total. The predicted octanol–water partition coefficient (Wildman–Crippen LogP) is 1.54. The zero-order valence-electron chi connectivity index (χ0n) is 10.3. The molecule has 0 aliphatic rings. The molecule has 114 valence electrons. The molecule has 0 aliphatic carbocycles. The highest BCUT2D eigenvalue weighted by atomic mass is 19.4. The van der Waals surface area contributed by atoms with Crippen LogP contribution in [-0.4, -0.2) is 37.5 Å². The lowest BCUT2D eigenvalue weighted by atomic mass is 10.1. The molecular weight excluding hydrogens is 299 g/mol. The van der Waals surface area contributed by atoms with Crippen molar-refractivity contribution in [1.82, 2.24) is 19.6 Å². The maximum Gasteiger partial charge on any atom is 0.453 e. The molecule has 0 spiro atoms. The minimum Gasteiger partial charge on any atom is -0.382 e. The predicted molar refractivity (Wildman–Crippen MR) is 61.1 cm³/mol.